The van der Waals surface area contributed by atoms with Crippen LogP contribution in [0, 0.1) is 19.8 Å². The predicted molar refractivity (Wildman–Crippen MR) is 77.4 cm³/mol. The van der Waals surface area contributed by atoms with E-state index in [1.807, 2.05) is 10.9 Å². The standard InChI is InChI=1S/C15H22N4/c1-11(2)8-16-9-15-10-17-18-19(15)14-6-5-12(3)13(4)7-14/h5-7,10-11,16H,8-9H2,1-4H3. The second-order valence-corrected chi connectivity index (χ2v) is 5.43. The van der Waals surface area contributed by atoms with E-state index in [0.717, 1.165) is 24.5 Å². The highest BCUT2D eigenvalue weighted by Crippen LogP contribution is 2.14. The van der Waals surface area contributed by atoms with Crippen molar-refractivity contribution >= 4 is 0 Å². The number of nitrogens with one attached hydrogen (secondary N) is 1. The summed E-state index contributed by atoms with van der Waals surface area (Å²) in [5, 5.41) is 11.6. The summed E-state index contributed by atoms with van der Waals surface area (Å²) in [4.78, 5) is 0. The zero-order chi connectivity index (χ0) is 13.8. The maximum Gasteiger partial charge on any atom is 0.0783 e. The minimum atomic E-state index is 0.644. The Labute approximate surface area is 114 Å². The lowest BCUT2D eigenvalue weighted by Crippen LogP contribution is -2.20. The molecule has 0 radical (unpaired) electrons. The highest BCUT2D eigenvalue weighted by Gasteiger charge is 2.07. The molecule has 102 valence electrons. The summed E-state index contributed by atoms with van der Waals surface area (Å²) in [6.45, 7) is 10.4. The monoisotopic (exact) mass is 258 g/mol. The third kappa shape index (κ3) is 3.41. The van der Waals surface area contributed by atoms with Crippen molar-refractivity contribution in [1.29, 1.82) is 0 Å². The van der Waals surface area contributed by atoms with Crippen molar-refractivity contribution in [2.45, 2.75) is 34.2 Å². The van der Waals surface area contributed by atoms with E-state index in [1.54, 1.807) is 0 Å². The molecule has 2 rings (SSSR count). The first kappa shape index (κ1) is 13.7. The summed E-state index contributed by atoms with van der Waals surface area (Å²) >= 11 is 0. The molecule has 4 heteroatoms. The van der Waals surface area contributed by atoms with Crippen molar-refractivity contribution in [3.05, 3.63) is 41.2 Å². The van der Waals surface area contributed by atoms with Gasteiger partial charge in [0.2, 0.25) is 0 Å². The van der Waals surface area contributed by atoms with Gasteiger partial charge in [-0.3, -0.25) is 0 Å². The van der Waals surface area contributed by atoms with E-state index in [0.29, 0.717) is 5.92 Å². The molecule has 1 aromatic carbocycles. The number of hydrogen-bond acceptors (Lipinski definition) is 3. The van der Waals surface area contributed by atoms with Gasteiger partial charge in [0, 0.05) is 6.54 Å². The van der Waals surface area contributed by atoms with Crippen LogP contribution in [0.4, 0.5) is 0 Å². The smallest absolute Gasteiger partial charge is 0.0783 e. The SMILES string of the molecule is Cc1ccc(-n2nncc2CNCC(C)C)cc1C. The third-order valence-electron chi connectivity index (χ3n) is 3.21. The third-order valence-corrected chi connectivity index (χ3v) is 3.21. The molecule has 0 fully saturated rings. The van der Waals surface area contributed by atoms with Gasteiger partial charge in [0.1, 0.15) is 0 Å². The molecule has 0 spiro atoms. The fraction of sp³-hybridized carbons (Fsp3) is 0.467. The van der Waals surface area contributed by atoms with Crippen molar-refractivity contribution < 1.29 is 0 Å². The zero-order valence-corrected chi connectivity index (χ0v) is 12.1. The van der Waals surface area contributed by atoms with Crippen molar-refractivity contribution in [3.8, 4) is 5.69 Å². The molecule has 0 amide bonds. The Balaban J connectivity index is 2.16. The maximum atomic E-state index is 4.18. The summed E-state index contributed by atoms with van der Waals surface area (Å²) in [5.41, 5.74) is 4.73. The molecule has 2 aromatic rings. The van der Waals surface area contributed by atoms with Crippen LogP contribution < -0.4 is 5.32 Å². The first-order chi connectivity index (χ1) is 9.08. The summed E-state index contributed by atoms with van der Waals surface area (Å²) in [6.07, 6.45) is 1.82. The van der Waals surface area contributed by atoms with Crippen molar-refractivity contribution in [1.82, 2.24) is 20.3 Å². The highest BCUT2D eigenvalue weighted by atomic mass is 15.4. The van der Waals surface area contributed by atoms with Crippen LogP contribution >= 0.6 is 0 Å². The Morgan fingerprint density at radius 3 is 2.68 bits per heavy atom. The van der Waals surface area contributed by atoms with Crippen LogP contribution in [0.2, 0.25) is 0 Å². The van der Waals surface area contributed by atoms with Crippen LogP contribution in [-0.4, -0.2) is 21.5 Å². The summed E-state index contributed by atoms with van der Waals surface area (Å²) in [5.74, 6) is 0.644. The van der Waals surface area contributed by atoms with E-state index in [4.69, 9.17) is 0 Å². The Morgan fingerprint density at radius 2 is 2.00 bits per heavy atom. The van der Waals surface area contributed by atoms with Crippen molar-refractivity contribution in [2.24, 2.45) is 5.92 Å². The lowest BCUT2D eigenvalue weighted by atomic mass is 10.1. The minimum Gasteiger partial charge on any atom is -0.311 e. The van der Waals surface area contributed by atoms with Gasteiger partial charge in [0.25, 0.3) is 0 Å². The minimum absolute atomic E-state index is 0.644. The van der Waals surface area contributed by atoms with Gasteiger partial charge in [0.05, 0.1) is 17.6 Å². The summed E-state index contributed by atoms with van der Waals surface area (Å²) in [7, 11) is 0. The van der Waals surface area contributed by atoms with Crippen molar-refractivity contribution in [2.75, 3.05) is 6.54 Å². The highest BCUT2D eigenvalue weighted by molar-refractivity contribution is 5.39. The van der Waals surface area contributed by atoms with Gasteiger partial charge >= 0.3 is 0 Å². The number of rotatable bonds is 5. The van der Waals surface area contributed by atoms with E-state index >= 15 is 0 Å². The molecule has 0 aliphatic carbocycles. The van der Waals surface area contributed by atoms with Gasteiger partial charge in [-0.25, -0.2) is 4.68 Å². The van der Waals surface area contributed by atoms with Crippen LogP contribution in [-0.2, 0) is 6.54 Å². The first-order valence-corrected chi connectivity index (χ1v) is 6.76. The Hall–Kier alpha value is -1.68. The molecule has 0 saturated carbocycles. The largest absolute Gasteiger partial charge is 0.311 e. The first-order valence-electron chi connectivity index (χ1n) is 6.76. The Kier molecular flexibility index (Phi) is 4.32. The summed E-state index contributed by atoms with van der Waals surface area (Å²) in [6, 6.07) is 6.36. The summed E-state index contributed by atoms with van der Waals surface area (Å²) < 4.78 is 1.90. The van der Waals surface area contributed by atoms with Crippen molar-refractivity contribution in [3.63, 3.8) is 0 Å². The van der Waals surface area contributed by atoms with Gasteiger partial charge in [-0.05, 0) is 49.6 Å². The van der Waals surface area contributed by atoms with Crippen LogP contribution in [0.1, 0.15) is 30.7 Å². The van der Waals surface area contributed by atoms with E-state index < -0.39 is 0 Å². The molecule has 4 nitrogen and oxygen atoms in total. The number of aromatic nitrogens is 3. The fourth-order valence-corrected chi connectivity index (χ4v) is 1.94. The van der Waals surface area contributed by atoms with Crippen LogP contribution in [0.5, 0.6) is 0 Å². The lowest BCUT2D eigenvalue weighted by molar-refractivity contribution is 0.542. The van der Waals surface area contributed by atoms with Crippen LogP contribution in [0.3, 0.4) is 0 Å². The molecule has 1 N–H and O–H groups in total. The van der Waals surface area contributed by atoms with E-state index in [-0.39, 0.29) is 0 Å². The van der Waals surface area contributed by atoms with Gasteiger partial charge in [0.15, 0.2) is 0 Å². The molecule has 0 aliphatic heterocycles. The molecule has 0 bridgehead atoms. The Bertz CT molecular complexity index is 543. The Morgan fingerprint density at radius 1 is 1.21 bits per heavy atom. The molecule has 19 heavy (non-hydrogen) atoms. The van der Waals surface area contributed by atoms with Gasteiger partial charge < -0.3 is 5.32 Å². The van der Waals surface area contributed by atoms with Crippen LogP contribution in [0.25, 0.3) is 5.69 Å². The topological polar surface area (TPSA) is 42.7 Å². The molecule has 1 aromatic heterocycles. The fourth-order valence-electron chi connectivity index (χ4n) is 1.94. The van der Waals surface area contributed by atoms with E-state index in [1.165, 1.54) is 11.1 Å². The average molecular weight is 258 g/mol. The number of benzene rings is 1. The van der Waals surface area contributed by atoms with Gasteiger partial charge in [-0.1, -0.05) is 25.1 Å². The number of hydrogen-bond donors (Lipinski definition) is 1. The second-order valence-electron chi connectivity index (χ2n) is 5.43. The van der Waals surface area contributed by atoms with Gasteiger partial charge in [-0.2, -0.15) is 0 Å². The molecular formula is C15H22N4. The van der Waals surface area contributed by atoms with Crippen LogP contribution in [0.15, 0.2) is 24.4 Å². The van der Waals surface area contributed by atoms with Gasteiger partial charge in [-0.15, -0.1) is 5.10 Å². The molecule has 0 aliphatic rings. The normalized spacial score (nSPS) is 11.2. The molecule has 0 unspecified atom stereocenters. The van der Waals surface area contributed by atoms with E-state index in [9.17, 15) is 0 Å². The number of aryl methyl sites for hydroxylation is 2. The van der Waals surface area contributed by atoms with E-state index in [2.05, 4.69) is 61.5 Å². The lowest BCUT2D eigenvalue weighted by Gasteiger charge is -2.10. The average Bonchev–Trinajstić information content (AvgIpc) is 2.80. The quantitative estimate of drug-likeness (QED) is 0.896. The predicted octanol–water partition coefficient (Wildman–Crippen LogP) is 2.63. The second kappa shape index (κ2) is 5.97. The molecule has 1 heterocycles. The zero-order valence-electron chi connectivity index (χ0n) is 12.1. The maximum absolute atomic E-state index is 4.18. The molecule has 0 atom stereocenters. The number of nitrogens with zero attached hydrogens (tertiary/aromatic N) is 3. The molecule has 0 saturated heterocycles. The molecular weight excluding hydrogens is 236 g/mol.